The SMILES string of the molecule is C=NC(CCCC)c1ccc2cn[nH]c2c1. The fourth-order valence-corrected chi connectivity index (χ4v) is 1.92. The molecule has 1 unspecified atom stereocenters. The zero-order valence-electron chi connectivity index (χ0n) is 9.61. The van der Waals surface area contributed by atoms with Gasteiger partial charge in [-0.2, -0.15) is 5.10 Å². The summed E-state index contributed by atoms with van der Waals surface area (Å²) >= 11 is 0. The summed E-state index contributed by atoms with van der Waals surface area (Å²) in [6, 6.07) is 6.54. The molecule has 2 rings (SSSR count). The van der Waals surface area contributed by atoms with Crippen LogP contribution in [0.25, 0.3) is 10.9 Å². The van der Waals surface area contributed by atoms with E-state index in [0.29, 0.717) is 0 Å². The highest BCUT2D eigenvalue weighted by Gasteiger charge is 2.09. The fraction of sp³-hybridized carbons (Fsp3) is 0.385. The molecule has 0 aliphatic heterocycles. The number of aromatic amines is 1. The fourth-order valence-electron chi connectivity index (χ4n) is 1.92. The van der Waals surface area contributed by atoms with Crippen molar-refractivity contribution in [1.29, 1.82) is 0 Å². The first kappa shape index (κ1) is 10.9. The zero-order chi connectivity index (χ0) is 11.4. The standard InChI is InChI=1S/C13H17N3/c1-3-4-5-12(14-2)10-6-7-11-9-15-16-13(11)8-10/h6-9,12H,2-5H2,1H3,(H,15,16). The molecule has 1 atom stereocenters. The predicted octanol–water partition coefficient (Wildman–Crippen LogP) is 3.49. The van der Waals surface area contributed by atoms with Crippen molar-refractivity contribution in [3.63, 3.8) is 0 Å². The molecule has 0 saturated heterocycles. The highest BCUT2D eigenvalue weighted by molar-refractivity contribution is 5.78. The Morgan fingerprint density at radius 3 is 3.12 bits per heavy atom. The highest BCUT2D eigenvalue weighted by Crippen LogP contribution is 2.25. The van der Waals surface area contributed by atoms with Gasteiger partial charge in [0.2, 0.25) is 0 Å². The number of H-pyrrole nitrogens is 1. The number of unbranched alkanes of at least 4 members (excludes halogenated alkanes) is 1. The zero-order valence-corrected chi connectivity index (χ0v) is 9.61. The van der Waals surface area contributed by atoms with Crippen LogP contribution in [0.15, 0.2) is 29.4 Å². The molecule has 0 saturated carbocycles. The molecule has 0 spiro atoms. The third-order valence-electron chi connectivity index (χ3n) is 2.90. The van der Waals surface area contributed by atoms with Gasteiger partial charge in [0.15, 0.2) is 0 Å². The average Bonchev–Trinajstić information content (AvgIpc) is 2.77. The van der Waals surface area contributed by atoms with Crippen LogP contribution in [0, 0.1) is 0 Å². The van der Waals surface area contributed by atoms with E-state index in [-0.39, 0.29) is 6.04 Å². The van der Waals surface area contributed by atoms with Crippen LogP contribution in [0.4, 0.5) is 0 Å². The van der Waals surface area contributed by atoms with Crippen molar-refractivity contribution in [2.45, 2.75) is 32.2 Å². The number of nitrogens with one attached hydrogen (secondary N) is 1. The van der Waals surface area contributed by atoms with E-state index >= 15 is 0 Å². The molecular weight excluding hydrogens is 198 g/mol. The molecule has 1 heterocycles. The Labute approximate surface area is 95.6 Å². The van der Waals surface area contributed by atoms with Gasteiger partial charge in [-0.05, 0) is 24.8 Å². The summed E-state index contributed by atoms with van der Waals surface area (Å²) in [6.45, 7) is 5.87. The molecule has 0 amide bonds. The molecule has 0 aliphatic carbocycles. The minimum atomic E-state index is 0.215. The lowest BCUT2D eigenvalue weighted by Crippen LogP contribution is -1.95. The van der Waals surface area contributed by atoms with Crippen LogP contribution in [0.2, 0.25) is 0 Å². The van der Waals surface area contributed by atoms with E-state index in [1.807, 2.05) is 6.20 Å². The lowest BCUT2D eigenvalue weighted by atomic mass is 10.0. The number of benzene rings is 1. The van der Waals surface area contributed by atoms with Crippen LogP contribution in [0.1, 0.15) is 37.8 Å². The third kappa shape index (κ3) is 2.13. The van der Waals surface area contributed by atoms with E-state index in [2.05, 4.69) is 47.0 Å². The molecule has 3 nitrogen and oxygen atoms in total. The van der Waals surface area contributed by atoms with Crippen molar-refractivity contribution in [2.75, 3.05) is 0 Å². The van der Waals surface area contributed by atoms with Crippen molar-refractivity contribution < 1.29 is 0 Å². The normalized spacial score (nSPS) is 12.8. The maximum Gasteiger partial charge on any atom is 0.0742 e. The topological polar surface area (TPSA) is 41.0 Å². The Balaban J connectivity index is 2.25. The number of aliphatic imine (C=N–C) groups is 1. The van der Waals surface area contributed by atoms with Crippen molar-refractivity contribution in [3.05, 3.63) is 30.0 Å². The average molecular weight is 215 g/mol. The molecule has 84 valence electrons. The molecule has 0 radical (unpaired) electrons. The van der Waals surface area contributed by atoms with E-state index < -0.39 is 0 Å². The van der Waals surface area contributed by atoms with Gasteiger partial charge in [0.25, 0.3) is 0 Å². The molecule has 1 N–H and O–H groups in total. The first-order chi connectivity index (χ1) is 7.85. The van der Waals surface area contributed by atoms with Crippen molar-refractivity contribution >= 4 is 17.6 Å². The van der Waals surface area contributed by atoms with Gasteiger partial charge < -0.3 is 0 Å². The van der Waals surface area contributed by atoms with Gasteiger partial charge in [-0.15, -0.1) is 0 Å². The number of nitrogens with zero attached hydrogens (tertiary/aromatic N) is 2. The van der Waals surface area contributed by atoms with Gasteiger partial charge in [-0.25, -0.2) is 0 Å². The molecule has 2 aromatic rings. The minimum absolute atomic E-state index is 0.215. The van der Waals surface area contributed by atoms with Gasteiger partial charge in [-0.1, -0.05) is 31.9 Å². The summed E-state index contributed by atoms with van der Waals surface area (Å²) in [5.41, 5.74) is 2.29. The van der Waals surface area contributed by atoms with E-state index in [0.717, 1.165) is 17.3 Å². The minimum Gasteiger partial charge on any atom is -0.293 e. The van der Waals surface area contributed by atoms with E-state index in [4.69, 9.17) is 0 Å². The van der Waals surface area contributed by atoms with Gasteiger partial charge >= 0.3 is 0 Å². The molecular formula is C13H17N3. The number of hydrogen-bond donors (Lipinski definition) is 1. The van der Waals surface area contributed by atoms with Gasteiger partial charge in [-0.3, -0.25) is 10.1 Å². The van der Waals surface area contributed by atoms with E-state index in [1.54, 1.807) is 0 Å². The Morgan fingerprint density at radius 2 is 2.38 bits per heavy atom. The lowest BCUT2D eigenvalue weighted by molar-refractivity contribution is 0.609. The lowest BCUT2D eigenvalue weighted by Gasteiger charge is -2.11. The summed E-state index contributed by atoms with van der Waals surface area (Å²) in [7, 11) is 0. The van der Waals surface area contributed by atoms with Crippen LogP contribution >= 0.6 is 0 Å². The molecule has 0 fully saturated rings. The number of fused-ring (bicyclic) bond motifs is 1. The largest absolute Gasteiger partial charge is 0.293 e. The quantitative estimate of drug-likeness (QED) is 0.762. The third-order valence-corrected chi connectivity index (χ3v) is 2.90. The maximum atomic E-state index is 4.20. The van der Waals surface area contributed by atoms with Crippen LogP contribution < -0.4 is 0 Å². The molecule has 1 aromatic carbocycles. The van der Waals surface area contributed by atoms with Crippen LogP contribution in [0.3, 0.4) is 0 Å². The second-order valence-electron chi connectivity index (χ2n) is 4.06. The second-order valence-corrected chi connectivity index (χ2v) is 4.06. The molecule has 1 aromatic heterocycles. The van der Waals surface area contributed by atoms with Crippen molar-refractivity contribution in [2.24, 2.45) is 4.99 Å². The van der Waals surface area contributed by atoms with Crippen LogP contribution in [-0.4, -0.2) is 16.9 Å². The smallest absolute Gasteiger partial charge is 0.0742 e. The Hall–Kier alpha value is -1.64. The van der Waals surface area contributed by atoms with E-state index in [9.17, 15) is 0 Å². The van der Waals surface area contributed by atoms with E-state index in [1.165, 1.54) is 18.4 Å². The number of aromatic nitrogens is 2. The monoisotopic (exact) mass is 215 g/mol. The van der Waals surface area contributed by atoms with Gasteiger partial charge in [0.05, 0.1) is 17.8 Å². The van der Waals surface area contributed by atoms with Gasteiger partial charge in [0, 0.05) is 5.39 Å². The molecule has 3 heteroatoms. The summed E-state index contributed by atoms with van der Waals surface area (Å²) in [6.07, 6.45) is 5.28. The first-order valence-electron chi connectivity index (χ1n) is 5.74. The second kappa shape index (κ2) is 4.92. The van der Waals surface area contributed by atoms with Crippen molar-refractivity contribution in [1.82, 2.24) is 10.2 Å². The van der Waals surface area contributed by atoms with Gasteiger partial charge in [0.1, 0.15) is 0 Å². The summed E-state index contributed by atoms with van der Waals surface area (Å²) in [4.78, 5) is 4.20. The van der Waals surface area contributed by atoms with Crippen molar-refractivity contribution in [3.8, 4) is 0 Å². The Bertz CT molecular complexity index is 473. The van der Waals surface area contributed by atoms with Crippen LogP contribution in [-0.2, 0) is 0 Å². The number of hydrogen-bond acceptors (Lipinski definition) is 2. The maximum absolute atomic E-state index is 4.20. The molecule has 0 bridgehead atoms. The van der Waals surface area contributed by atoms with Crippen LogP contribution in [0.5, 0.6) is 0 Å². The highest BCUT2D eigenvalue weighted by atomic mass is 15.1. The Kier molecular flexibility index (Phi) is 3.34. The molecule has 0 aliphatic rings. The Morgan fingerprint density at radius 1 is 1.50 bits per heavy atom. The first-order valence-corrected chi connectivity index (χ1v) is 5.74. The predicted molar refractivity (Wildman–Crippen MR) is 67.9 cm³/mol. The summed E-state index contributed by atoms with van der Waals surface area (Å²) in [5.74, 6) is 0. The molecule has 16 heavy (non-hydrogen) atoms. The number of rotatable bonds is 5. The summed E-state index contributed by atoms with van der Waals surface area (Å²) < 4.78 is 0. The summed E-state index contributed by atoms with van der Waals surface area (Å²) in [5, 5.41) is 8.14.